The van der Waals surface area contributed by atoms with Gasteiger partial charge in [-0.1, -0.05) is 51.5 Å². The van der Waals surface area contributed by atoms with Gasteiger partial charge in [0.05, 0.1) is 50.2 Å². The highest BCUT2D eigenvalue weighted by Gasteiger charge is 2.70. The summed E-state index contributed by atoms with van der Waals surface area (Å²) in [6.07, 6.45) is -30.3. The van der Waals surface area contributed by atoms with Crippen LogP contribution in [-0.2, 0) is 52.2 Å². The molecule has 33 atom stereocenters. The molecule has 26 heteroatoms. The van der Waals surface area contributed by atoms with E-state index in [-0.39, 0.29) is 41.8 Å². The topological polar surface area (TPSA) is 413 Å². The Hall–Kier alpha value is -2.01. The number of carbonyl (C=O) groups excluding carboxylic acids is 1. The Morgan fingerprint density at radius 2 is 1.20 bits per heavy atom. The highest BCUT2D eigenvalue weighted by atomic mass is 16.8. The maximum absolute atomic E-state index is 15.1. The highest BCUT2D eigenvalue weighted by Crippen LogP contribution is 2.75. The molecule has 10 rings (SSSR count). The van der Waals surface area contributed by atoms with Gasteiger partial charge < -0.3 is 124 Å². The van der Waals surface area contributed by atoms with Crippen molar-refractivity contribution in [3.63, 3.8) is 0 Å². The monoisotopic (exact) mass is 1200 g/mol. The molecule has 26 nitrogen and oxygen atoms in total. The van der Waals surface area contributed by atoms with Crippen LogP contribution in [0, 0.1) is 44.8 Å². The van der Waals surface area contributed by atoms with Crippen LogP contribution in [0.5, 0.6) is 0 Å². The number of ether oxygens (including phenoxy) is 10. The Kier molecular flexibility index (Phi) is 18.8. The Balaban J connectivity index is 0.824. The Bertz CT molecular complexity index is 2370. The van der Waals surface area contributed by atoms with Gasteiger partial charge in [0.25, 0.3) is 0 Å². The van der Waals surface area contributed by atoms with Crippen LogP contribution in [0.3, 0.4) is 0 Å². The molecule has 480 valence electrons. The summed E-state index contributed by atoms with van der Waals surface area (Å²) in [6.45, 7) is 14.2. The molecule has 0 bridgehead atoms. The Morgan fingerprint density at radius 3 is 1.83 bits per heavy atom. The summed E-state index contributed by atoms with van der Waals surface area (Å²) in [5.74, 6) is -0.986. The molecule has 84 heavy (non-hydrogen) atoms. The second-order valence-electron chi connectivity index (χ2n) is 27.1. The van der Waals surface area contributed by atoms with Crippen molar-refractivity contribution in [2.45, 2.75) is 259 Å². The molecule has 5 saturated heterocycles. The fourth-order valence-corrected chi connectivity index (χ4v) is 17.1. The number of aliphatic hydroxyl groups excluding tert-OH is 15. The normalized spacial score (nSPS) is 55.2. The summed E-state index contributed by atoms with van der Waals surface area (Å²) < 4.78 is 59.2. The number of esters is 1. The number of aliphatic hydroxyl groups is 15. The van der Waals surface area contributed by atoms with E-state index in [1.807, 2.05) is 6.92 Å². The second-order valence-corrected chi connectivity index (χ2v) is 27.1. The lowest BCUT2D eigenvalue weighted by Gasteiger charge is -2.71. The third kappa shape index (κ3) is 10.7. The third-order valence-corrected chi connectivity index (χ3v) is 22.6. The van der Waals surface area contributed by atoms with Crippen molar-refractivity contribution >= 4 is 5.97 Å². The molecule has 5 aliphatic heterocycles. The fraction of sp³-hybridized carbons (Fsp3) is 0.914. The van der Waals surface area contributed by atoms with Gasteiger partial charge in [-0.3, -0.25) is 4.79 Å². The molecule has 5 heterocycles. The van der Waals surface area contributed by atoms with Crippen LogP contribution in [0.1, 0.15) is 106 Å². The quantitative estimate of drug-likeness (QED) is 0.0496. The minimum atomic E-state index is -1.91. The average molecular weight is 1210 g/mol. The van der Waals surface area contributed by atoms with E-state index >= 15 is 4.79 Å². The maximum atomic E-state index is 15.1. The van der Waals surface area contributed by atoms with E-state index in [2.05, 4.69) is 33.4 Å². The van der Waals surface area contributed by atoms with Crippen molar-refractivity contribution in [1.29, 1.82) is 0 Å². The molecular weight excluding hydrogens is 1110 g/mol. The summed E-state index contributed by atoms with van der Waals surface area (Å²) >= 11 is 0. The summed E-state index contributed by atoms with van der Waals surface area (Å²) in [5, 5.41) is 162. The molecular formula is C58H92O26. The van der Waals surface area contributed by atoms with Crippen LogP contribution in [0.4, 0.5) is 0 Å². The standard InChI is InChI=1S/C58H92O26/c1-23-10-15-58(53(74)84-51-44(72)40(68)37(65)30(80-51)21-76-48-45(73)41(69)46(29(19-59)79-48)82-49-42(70)38(66)34(62)24(2)77-49)17-16-56(6)26(27(58)18-23)8-9-32-54(4)13-12-33(55(5,22-60)31(54)11-14-57(32,56)7)81-52-47(36(64)28(61)20-75-52)83-50-43(71)39(67)35(63)25(3)78-50/h8,24-25,27-52,59-73H,1,9-22H2,2-7H3/t24-,25-,27-,28-,29+,30+,31+,32+,33-,34-,35-,36-,37+,38+,39+,40-,41+,42+,43+,44+,45+,46+,47+,48+,49-,50-,51-,52-,54-,55-,56+,57+,58-/m0/s1. The van der Waals surface area contributed by atoms with Gasteiger partial charge in [-0.25, -0.2) is 0 Å². The number of rotatable bonds is 13. The lowest BCUT2D eigenvalue weighted by atomic mass is 9.34. The zero-order chi connectivity index (χ0) is 61.1. The number of hydrogen-bond acceptors (Lipinski definition) is 26. The minimum absolute atomic E-state index is 0.0755. The van der Waals surface area contributed by atoms with E-state index in [0.29, 0.717) is 57.8 Å². The van der Waals surface area contributed by atoms with E-state index in [1.165, 1.54) is 13.8 Å². The molecule has 0 radical (unpaired) electrons. The SMILES string of the molecule is C=C1CC[C@]2(C(=O)O[C@@H]3O[C@H](CO[C@@H]4O[C@H](CO)[C@@H](O[C@@H]5O[C@@H](C)[C@H](O)[C@@H](O)[C@H]5O)[C@H](O)[C@H]4O)[C@@H](O)[C@H](O)[C@H]3O)CC[C@]3(C)C(=CC[C@@H]4[C@@]5(C)CC[C@H](O[C@@H]6OC[C@H](O)[C@H](O)[C@H]6O[C@@H]6O[C@@H](C)[C@H](O)[C@@H](O)[C@H]6O)[C@@](C)(CO)[C@@H]5CC[C@]43C)[C@@H]2C1. The second kappa shape index (κ2) is 24.3. The smallest absolute Gasteiger partial charge is 0.315 e. The molecule has 5 aliphatic carbocycles. The predicted octanol–water partition coefficient (Wildman–Crippen LogP) is -3.01. The van der Waals surface area contributed by atoms with Gasteiger partial charge in [0.2, 0.25) is 6.29 Å². The van der Waals surface area contributed by atoms with Crippen molar-refractivity contribution in [3.05, 3.63) is 23.8 Å². The molecule has 4 saturated carbocycles. The van der Waals surface area contributed by atoms with Crippen LogP contribution in [0.15, 0.2) is 23.8 Å². The Morgan fingerprint density at radius 1 is 0.607 bits per heavy atom. The van der Waals surface area contributed by atoms with E-state index in [1.54, 1.807) is 0 Å². The number of allylic oxidation sites excluding steroid dienone is 3. The molecule has 0 aromatic carbocycles. The molecule has 0 aromatic heterocycles. The van der Waals surface area contributed by atoms with E-state index in [0.717, 1.165) is 17.6 Å². The van der Waals surface area contributed by atoms with Crippen LogP contribution in [0.25, 0.3) is 0 Å². The van der Waals surface area contributed by atoms with Gasteiger partial charge in [0.15, 0.2) is 25.2 Å². The molecule has 0 aromatic rings. The van der Waals surface area contributed by atoms with Crippen molar-refractivity contribution < 1.29 is 129 Å². The van der Waals surface area contributed by atoms with Crippen LogP contribution in [0.2, 0.25) is 0 Å². The summed E-state index contributed by atoms with van der Waals surface area (Å²) in [6, 6.07) is 0. The molecule has 9 fully saturated rings. The fourth-order valence-electron chi connectivity index (χ4n) is 17.1. The minimum Gasteiger partial charge on any atom is -0.432 e. The van der Waals surface area contributed by atoms with Crippen molar-refractivity contribution in [2.24, 2.45) is 44.8 Å². The van der Waals surface area contributed by atoms with Gasteiger partial charge in [0, 0.05) is 11.3 Å². The van der Waals surface area contributed by atoms with E-state index in [4.69, 9.17) is 47.4 Å². The van der Waals surface area contributed by atoms with Crippen molar-refractivity contribution in [2.75, 3.05) is 26.4 Å². The number of fused-ring (bicyclic) bond motifs is 7. The summed E-state index contributed by atoms with van der Waals surface area (Å²) in [7, 11) is 0. The lowest BCUT2D eigenvalue weighted by Crippen LogP contribution is -2.67. The van der Waals surface area contributed by atoms with Crippen molar-refractivity contribution in [3.8, 4) is 0 Å². The number of hydrogen-bond donors (Lipinski definition) is 15. The van der Waals surface area contributed by atoms with Gasteiger partial charge in [-0.05, 0) is 106 Å². The predicted molar refractivity (Wildman–Crippen MR) is 283 cm³/mol. The zero-order valence-corrected chi connectivity index (χ0v) is 48.5. The zero-order valence-electron chi connectivity index (χ0n) is 48.5. The molecule has 0 unspecified atom stereocenters. The number of carbonyl (C=O) groups is 1. The van der Waals surface area contributed by atoms with Crippen LogP contribution in [-0.4, -0.2) is 263 Å². The Labute approximate surface area is 487 Å². The first kappa shape index (κ1) is 65.0. The first-order valence-electron chi connectivity index (χ1n) is 30.0. The van der Waals surface area contributed by atoms with Crippen LogP contribution < -0.4 is 0 Å². The average Bonchev–Trinajstić information content (AvgIpc) is 0.854. The summed E-state index contributed by atoms with van der Waals surface area (Å²) in [5.41, 5.74) is -0.933. The van der Waals surface area contributed by atoms with Crippen molar-refractivity contribution in [1.82, 2.24) is 0 Å². The molecule has 0 spiro atoms. The third-order valence-electron chi connectivity index (χ3n) is 22.6. The largest absolute Gasteiger partial charge is 0.432 e. The van der Waals surface area contributed by atoms with Gasteiger partial charge in [0.1, 0.15) is 104 Å². The first-order valence-corrected chi connectivity index (χ1v) is 30.0. The maximum Gasteiger partial charge on any atom is 0.315 e. The molecule has 10 aliphatic rings. The lowest BCUT2D eigenvalue weighted by molar-refractivity contribution is -0.365. The van der Waals surface area contributed by atoms with Gasteiger partial charge in [-0.2, -0.15) is 0 Å². The van der Waals surface area contributed by atoms with Crippen LogP contribution >= 0.6 is 0 Å². The molecule has 0 amide bonds. The van der Waals surface area contributed by atoms with Gasteiger partial charge in [-0.15, -0.1) is 0 Å². The highest BCUT2D eigenvalue weighted by molar-refractivity contribution is 5.79. The molecule has 15 N–H and O–H groups in total. The van der Waals surface area contributed by atoms with Gasteiger partial charge >= 0.3 is 5.97 Å². The first-order chi connectivity index (χ1) is 39.5. The summed E-state index contributed by atoms with van der Waals surface area (Å²) in [4.78, 5) is 15.1. The van der Waals surface area contributed by atoms with E-state index < -0.39 is 189 Å². The van der Waals surface area contributed by atoms with E-state index in [9.17, 15) is 76.6 Å².